The molecular weight excluding hydrogens is 322 g/mol. The first-order valence-corrected chi connectivity index (χ1v) is 9.27. The minimum Gasteiger partial charge on any atom is -0.348 e. The van der Waals surface area contributed by atoms with Crippen LogP contribution in [-0.2, 0) is 0 Å². The van der Waals surface area contributed by atoms with Crippen LogP contribution in [0.4, 0.5) is 0 Å². The lowest BCUT2D eigenvalue weighted by Gasteiger charge is -2.19. The van der Waals surface area contributed by atoms with Crippen LogP contribution in [0.25, 0.3) is 10.7 Å². The molecule has 2 aromatic rings. The van der Waals surface area contributed by atoms with Crippen molar-refractivity contribution in [2.75, 3.05) is 19.6 Å². The Bertz CT molecular complexity index is 627. The van der Waals surface area contributed by atoms with Crippen molar-refractivity contribution in [2.24, 2.45) is 0 Å². The summed E-state index contributed by atoms with van der Waals surface area (Å²) >= 11 is 1.40. The summed E-state index contributed by atoms with van der Waals surface area (Å²) in [6.07, 6.45) is 6.92. The van der Waals surface area contributed by atoms with Gasteiger partial charge in [-0.2, -0.15) is 0 Å². The Morgan fingerprint density at radius 1 is 1.33 bits per heavy atom. The highest BCUT2D eigenvalue weighted by atomic mass is 32.1. The van der Waals surface area contributed by atoms with Gasteiger partial charge >= 0.3 is 0 Å². The molecule has 1 N–H and O–H groups in total. The van der Waals surface area contributed by atoms with E-state index < -0.39 is 0 Å². The smallest absolute Gasteiger partial charge is 0.270 e. The van der Waals surface area contributed by atoms with Gasteiger partial charge in [0.2, 0.25) is 0 Å². The Kier molecular flexibility index (Phi) is 7.27. The molecule has 0 aliphatic heterocycles. The number of nitrogens with one attached hydrogen (secondary N) is 1. The summed E-state index contributed by atoms with van der Waals surface area (Å²) < 4.78 is 0. The van der Waals surface area contributed by atoms with Crippen LogP contribution in [0.5, 0.6) is 0 Å². The number of hydrogen-bond acceptors (Lipinski definition) is 6. The fourth-order valence-corrected chi connectivity index (χ4v) is 3.20. The number of rotatable bonds is 9. The third-order valence-electron chi connectivity index (χ3n) is 3.90. The minimum absolute atomic E-state index is 0.128. The Morgan fingerprint density at radius 2 is 2.12 bits per heavy atom. The van der Waals surface area contributed by atoms with Gasteiger partial charge in [-0.1, -0.05) is 13.8 Å². The molecule has 0 aromatic carbocycles. The summed E-state index contributed by atoms with van der Waals surface area (Å²) in [6.45, 7) is 9.59. The van der Waals surface area contributed by atoms with E-state index in [0.717, 1.165) is 32.5 Å². The van der Waals surface area contributed by atoms with Crippen molar-refractivity contribution in [3.8, 4) is 10.7 Å². The first-order valence-electron chi connectivity index (χ1n) is 8.39. The number of hydrogen-bond donors (Lipinski definition) is 1. The number of carbonyl (C=O) groups excluding carboxylic acids is 1. The summed E-state index contributed by atoms with van der Waals surface area (Å²) in [7, 11) is 0. The number of aromatic nitrogens is 3. The SMILES string of the molecule is CCN(CC)CCCC(C)NC(=O)c1csc(-c2cnccn2)n1. The van der Waals surface area contributed by atoms with E-state index in [1.165, 1.54) is 11.3 Å². The van der Waals surface area contributed by atoms with Gasteiger partial charge in [0.15, 0.2) is 0 Å². The number of thiazole rings is 1. The highest BCUT2D eigenvalue weighted by molar-refractivity contribution is 7.13. The standard InChI is InChI=1S/C17H25N5OS/c1-4-22(5-2)10-6-7-13(3)20-16(23)15-12-24-17(21-15)14-11-18-8-9-19-14/h8-9,11-13H,4-7,10H2,1-3H3,(H,20,23). The molecule has 0 radical (unpaired) electrons. The first-order chi connectivity index (χ1) is 11.6. The zero-order chi connectivity index (χ0) is 17.4. The molecule has 130 valence electrons. The quantitative estimate of drug-likeness (QED) is 0.755. The molecule has 2 aromatic heterocycles. The van der Waals surface area contributed by atoms with E-state index in [1.54, 1.807) is 24.0 Å². The number of carbonyl (C=O) groups is 1. The maximum absolute atomic E-state index is 12.3. The van der Waals surface area contributed by atoms with Crippen molar-refractivity contribution in [3.05, 3.63) is 29.7 Å². The molecule has 1 unspecified atom stereocenters. The molecule has 0 saturated carbocycles. The Morgan fingerprint density at radius 3 is 2.79 bits per heavy atom. The Labute approximate surface area is 147 Å². The van der Waals surface area contributed by atoms with Gasteiger partial charge in [0.1, 0.15) is 16.4 Å². The molecular formula is C17H25N5OS. The number of nitrogens with zero attached hydrogens (tertiary/aromatic N) is 4. The van der Waals surface area contributed by atoms with Crippen LogP contribution in [0.15, 0.2) is 24.0 Å². The lowest BCUT2D eigenvalue weighted by Crippen LogP contribution is -2.33. The van der Waals surface area contributed by atoms with E-state index in [0.29, 0.717) is 16.4 Å². The third kappa shape index (κ3) is 5.35. The minimum atomic E-state index is -0.128. The average molecular weight is 347 g/mol. The highest BCUT2D eigenvalue weighted by Crippen LogP contribution is 2.20. The Hall–Kier alpha value is -1.86. The molecule has 1 atom stereocenters. The average Bonchev–Trinajstić information content (AvgIpc) is 3.10. The van der Waals surface area contributed by atoms with Crippen molar-refractivity contribution < 1.29 is 4.79 Å². The zero-order valence-electron chi connectivity index (χ0n) is 14.5. The monoisotopic (exact) mass is 347 g/mol. The van der Waals surface area contributed by atoms with Gasteiger partial charge in [-0.05, 0) is 39.4 Å². The summed E-state index contributed by atoms with van der Waals surface area (Å²) in [4.78, 5) is 27.3. The largest absolute Gasteiger partial charge is 0.348 e. The molecule has 2 heterocycles. The zero-order valence-corrected chi connectivity index (χ0v) is 15.3. The molecule has 0 saturated heterocycles. The highest BCUT2D eigenvalue weighted by Gasteiger charge is 2.15. The van der Waals surface area contributed by atoms with Crippen LogP contribution in [0.2, 0.25) is 0 Å². The second-order valence-electron chi connectivity index (χ2n) is 5.67. The second kappa shape index (κ2) is 9.44. The van der Waals surface area contributed by atoms with E-state index in [2.05, 4.69) is 39.0 Å². The fraction of sp³-hybridized carbons (Fsp3) is 0.529. The van der Waals surface area contributed by atoms with Crippen LogP contribution in [0.1, 0.15) is 44.1 Å². The van der Waals surface area contributed by atoms with Gasteiger partial charge in [0.05, 0.1) is 6.20 Å². The van der Waals surface area contributed by atoms with Gasteiger partial charge in [0.25, 0.3) is 5.91 Å². The molecule has 6 nitrogen and oxygen atoms in total. The van der Waals surface area contributed by atoms with E-state index in [9.17, 15) is 4.79 Å². The Balaban J connectivity index is 1.83. The summed E-state index contributed by atoms with van der Waals surface area (Å²) in [5, 5.41) is 5.50. The molecule has 0 aliphatic carbocycles. The topological polar surface area (TPSA) is 71.0 Å². The number of amides is 1. The van der Waals surface area contributed by atoms with Gasteiger partial charge in [0, 0.05) is 23.8 Å². The lowest BCUT2D eigenvalue weighted by atomic mass is 10.1. The van der Waals surface area contributed by atoms with E-state index in [4.69, 9.17) is 0 Å². The first kappa shape index (κ1) is 18.5. The van der Waals surface area contributed by atoms with Crippen LogP contribution >= 0.6 is 11.3 Å². The van der Waals surface area contributed by atoms with Crippen molar-refractivity contribution >= 4 is 17.2 Å². The van der Waals surface area contributed by atoms with Crippen LogP contribution < -0.4 is 5.32 Å². The van der Waals surface area contributed by atoms with Crippen LogP contribution in [0.3, 0.4) is 0 Å². The molecule has 7 heteroatoms. The normalized spacial score (nSPS) is 12.3. The van der Waals surface area contributed by atoms with Gasteiger partial charge in [-0.3, -0.25) is 14.8 Å². The van der Waals surface area contributed by atoms with E-state index in [-0.39, 0.29) is 11.9 Å². The second-order valence-corrected chi connectivity index (χ2v) is 6.53. The molecule has 0 fully saturated rings. The van der Waals surface area contributed by atoms with Gasteiger partial charge in [-0.25, -0.2) is 4.98 Å². The van der Waals surface area contributed by atoms with Gasteiger partial charge in [-0.15, -0.1) is 11.3 Å². The lowest BCUT2D eigenvalue weighted by molar-refractivity contribution is 0.0933. The van der Waals surface area contributed by atoms with E-state index in [1.807, 2.05) is 6.92 Å². The van der Waals surface area contributed by atoms with Crippen LogP contribution in [-0.4, -0.2) is 51.4 Å². The third-order valence-corrected chi connectivity index (χ3v) is 4.77. The fourth-order valence-electron chi connectivity index (χ4n) is 2.44. The van der Waals surface area contributed by atoms with Crippen molar-refractivity contribution in [1.82, 2.24) is 25.2 Å². The molecule has 1 amide bonds. The van der Waals surface area contributed by atoms with E-state index >= 15 is 0 Å². The van der Waals surface area contributed by atoms with Crippen molar-refractivity contribution in [3.63, 3.8) is 0 Å². The maximum atomic E-state index is 12.3. The maximum Gasteiger partial charge on any atom is 0.270 e. The summed E-state index contributed by atoms with van der Waals surface area (Å²) in [6, 6.07) is 0.134. The molecule has 24 heavy (non-hydrogen) atoms. The van der Waals surface area contributed by atoms with Crippen molar-refractivity contribution in [1.29, 1.82) is 0 Å². The summed E-state index contributed by atoms with van der Waals surface area (Å²) in [5.74, 6) is -0.128. The molecule has 0 spiro atoms. The molecule has 2 rings (SSSR count). The molecule has 0 bridgehead atoms. The predicted molar refractivity (Wildman–Crippen MR) is 97.1 cm³/mol. The summed E-state index contributed by atoms with van der Waals surface area (Å²) in [5.41, 5.74) is 1.13. The molecule has 0 aliphatic rings. The predicted octanol–water partition coefficient (Wildman–Crippen LogP) is 2.84. The van der Waals surface area contributed by atoms with Crippen molar-refractivity contribution in [2.45, 2.75) is 39.7 Å². The van der Waals surface area contributed by atoms with Crippen LogP contribution in [0, 0.1) is 0 Å². The van der Waals surface area contributed by atoms with Gasteiger partial charge < -0.3 is 10.2 Å².